The fourth-order valence-corrected chi connectivity index (χ4v) is 1.94. The van der Waals surface area contributed by atoms with Crippen LogP contribution >= 0.6 is 0 Å². The molecule has 0 atom stereocenters. The smallest absolute Gasteiger partial charge is 0.229 e. The maximum Gasteiger partial charge on any atom is 0.229 e. The van der Waals surface area contributed by atoms with Gasteiger partial charge in [0.15, 0.2) is 5.82 Å². The van der Waals surface area contributed by atoms with E-state index in [-0.39, 0.29) is 0 Å². The van der Waals surface area contributed by atoms with Crippen LogP contribution in [0, 0.1) is 6.92 Å². The minimum Gasteiger partial charge on any atom is -0.284 e. The highest BCUT2D eigenvalue weighted by Gasteiger charge is 2.06. The molecule has 2 rings (SSSR count). The molecule has 7 nitrogen and oxygen atoms in total. The molecule has 1 heterocycles. The number of benzene rings is 1. The van der Waals surface area contributed by atoms with E-state index in [4.69, 9.17) is 0 Å². The molecule has 90 valence electrons. The first-order chi connectivity index (χ1) is 7.96. The Hall–Kier alpha value is -1.96. The molecule has 0 bridgehead atoms. The van der Waals surface area contributed by atoms with E-state index < -0.39 is 10.0 Å². The molecule has 0 aliphatic rings. The van der Waals surface area contributed by atoms with Crippen LogP contribution in [0.4, 0.5) is 5.69 Å². The van der Waals surface area contributed by atoms with Gasteiger partial charge >= 0.3 is 0 Å². The number of anilines is 1. The monoisotopic (exact) mass is 253 g/mol. The Kier molecular flexibility index (Phi) is 2.80. The zero-order valence-electron chi connectivity index (χ0n) is 9.32. The average molecular weight is 253 g/mol. The van der Waals surface area contributed by atoms with Crippen LogP contribution in [-0.4, -0.2) is 34.9 Å². The topological polar surface area (TPSA) is 89.8 Å². The summed E-state index contributed by atoms with van der Waals surface area (Å²) in [5.74, 6) is 0.626. The summed E-state index contributed by atoms with van der Waals surface area (Å²) in [5.41, 5.74) is 1.17. The van der Waals surface area contributed by atoms with Crippen LogP contribution in [0.3, 0.4) is 0 Å². The molecule has 0 aliphatic heterocycles. The lowest BCUT2D eigenvalue weighted by molar-refractivity contribution is 0.607. The van der Waals surface area contributed by atoms with Crippen molar-refractivity contribution in [2.75, 3.05) is 11.0 Å². The van der Waals surface area contributed by atoms with Gasteiger partial charge in [-0.15, -0.1) is 5.10 Å². The van der Waals surface area contributed by atoms with Gasteiger partial charge in [-0.2, -0.15) is 4.68 Å². The third-order valence-electron chi connectivity index (χ3n) is 2.02. The number of tetrazole rings is 1. The number of nitrogens with zero attached hydrogens (tertiary/aromatic N) is 4. The minimum absolute atomic E-state index is 0.472. The van der Waals surface area contributed by atoms with Crippen molar-refractivity contribution >= 4 is 15.7 Å². The maximum atomic E-state index is 11.1. The summed E-state index contributed by atoms with van der Waals surface area (Å²) in [7, 11) is -3.28. The van der Waals surface area contributed by atoms with Crippen molar-refractivity contribution in [2.45, 2.75) is 6.92 Å². The molecule has 0 saturated heterocycles. The van der Waals surface area contributed by atoms with E-state index in [1.165, 1.54) is 4.68 Å². The van der Waals surface area contributed by atoms with Gasteiger partial charge in [-0.1, -0.05) is 6.07 Å². The second-order valence-corrected chi connectivity index (χ2v) is 5.31. The quantitative estimate of drug-likeness (QED) is 0.852. The lowest BCUT2D eigenvalue weighted by Crippen LogP contribution is -2.10. The highest BCUT2D eigenvalue weighted by atomic mass is 32.2. The molecule has 2 aromatic rings. The molecule has 0 unspecified atom stereocenters. The van der Waals surface area contributed by atoms with Gasteiger partial charge in [0.05, 0.1) is 17.6 Å². The van der Waals surface area contributed by atoms with Gasteiger partial charge in [0.1, 0.15) is 0 Å². The Morgan fingerprint density at radius 2 is 2.12 bits per heavy atom. The lowest BCUT2D eigenvalue weighted by atomic mass is 10.3. The second-order valence-electron chi connectivity index (χ2n) is 3.56. The van der Waals surface area contributed by atoms with Crippen LogP contribution in [0.5, 0.6) is 0 Å². The Balaban J connectivity index is 2.39. The van der Waals surface area contributed by atoms with Crippen molar-refractivity contribution < 1.29 is 8.42 Å². The highest BCUT2D eigenvalue weighted by molar-refractivity contribution is 7.92. The Labute approximate surface area is 98.5 Å². The van der Waals surface area contributed by atoms with E-state index in [0.717, 1.165) is 6.26 Å². The van der Waals surface area contributed by atoms with Gasteiger partial charge in [-0.3, -0.25) is 4.72 Å². The second kappa shape index (κ2) is 4.13. The van der Waals surface area contributed by atoms with Gasteiger partial charge in [0.2, 0.25) is 10.0 Å². The van der Waals surface area contributed by atoms with Crippen LogP contribution in [0.15, 0.2) is 24.3 Å². The molecule has 0 aliphatic carbocycles. The first-order valence-corrected chi connectivity index (χ1v) is 6.68. The first-order valence-electron chi connectivity index (χ1n) is 4.79. The van der Waals surface area contributed by atoms with Crippen LogP contribution in [-0.2, 0) is 10.0 Å². The number of aryl methyl sites for hydroxylation is 1. The number of hydrogen-bond donors (Lipinski definition) is 1. The van der Waals surface area contributed by atoms with Gasteiger partial charge in [-0.05, 0) is 35.5 Å². The average Bonchev–Trinajstić information content (AvgIpc) is 2.62. The molecular weight excluding hydrogens is 242 g/mol. The summed E-state index contributed by atoms with van der Waals surface area (Å²) in [6.07, 6.45) is 1.10. The van der Waals surface area contributed by atoms with E-state index in [1.54, 1.807) is 31.2 Å². The van der Waals surface area contributed by atoms with E-state index in [2.05, 4.69) is 20.2 Å². The SMILES string of the molecule is Cc1nnnn1-c1cccc(NS(C)(=O)=O)c1. The van der Waals surface area contributed by atoms with Gasteiger partial charge in [0, 0.05) is 0 Å². The number of rotatable bonds is 3. The molecular formula is C9H11N5O2S. The standard InChI is InChI=1S/C9H11N5O2S/c1-7-10-12-13-14(7)9-5-3-4-8(6-9)11-17(2,15)16/h3-6,11H,1-2H3. The molecule has 0 amide bonds. The third kappa shape index (κ3) is 2.78. The zero-order chi connectivity index (χ0) is 12.5. The van der Waals surface area contributed by atoms with Crippen molar-refractivity contribution in [1.82, 2.24) is 20.2 Å². The number of aromatic nitrogens is 4. The van der Waals surface area contributed by atoms with Gasteiger partial charge in [-0.25, -0.2) is 8.42 Å². The number of hydrogen-bond acceptors (Lipinski definition) is 5. The van der Waals surface area contributed by atoms with Crippen LogP contribution in [0.1, 0.15) is 5.82 Å². The van der Waals surface area contributed by atoms with Crippen molar-refractivity contribution in [3.63, 3.8) is 0 Å². The van der Waals surface area contributed by atoms with Gasteiger partial charge < -0.3 is 0 Å². The molecule has 17 heavy (non-hydrogen) atoms. The molecule has 1 aromatic heterocycles. The zero-order valence-corrected chi connectivity index (χ0v) is 10.1. The fourth-order valence-electron chi connectivity index (χ4n) is 1.39. The van der Waals surface area contributed by atoms with Crippen molar-refractivity contribution in [1.29, 1.82) is 0 Å². The Morgan fingerprint density at radius 3 is 2.71 bits per heavy atom. The minimum atomic E-state index is -3.28. The summed E-state index contributed by atoms with van der Waals surface area (Å²) in [6.45, 7) is 1.76. The predicted molar refractivity (Wildman–Crippen MR) is 62.4 cm³/mol. The van der Waals surface area contributed by atoms with E-state index >= 15 is 0 Å². The summed E-state index contributed by atoms with van der Waals surface area (Å²) < 4.78 is 26.1. The first kappa shape index (κ1) is 11.5. The largest absolute Gasteiger partial charge is 0.284 e. The van der Waals surface area contributed by atoms with E-state index in [0.29, 0.717) is 17.2 Å². The summed E-state index contributed by atoms with van der Waals surface area (Å²) in [5, 5.41) is 11.1. The van der Waals surface area contributed by atoms with E-state index in [1.807, 2.05) is 0 Å². The van der Waals surface area contributed by atoms with Crippen molar-refractivity contribution in [2.24, 2.45) is 0 Å². The Bertz CT molecular complexity index is 634. The number of sulfonamides is 1. The van der Waals surface area contributed by atoms with Crippen LogP contribution < -0.4 is 4.72 Å². The molecule has 0 radical (unpaired) electrons. The van der Waals surface area contributed by atoms with E-state index in [9.17, 15) is 8.42 Å². The van der Waals surface area contributed by atoms with Crippen molar-refractivity contribution in [3.05, 3.63) is 30.1 Å². The molecule has 0 spiro atoms. The summed E-state index contributed by atoms with van der Waals surface area (Å²) in [4.78, 5) is 0. The molecule has 8 heteroatoms. The van der Waals surface area contributed by atoms with Gasteiger partial charge in [0.25, 0.3) is 0 Å². The number of nitrogens with one attached hydrogen (secondary N) is 1. The summed E-state index contributed by atoms with van der Waals surface area (Å²) >= 11 is 0. The van der Waals surface area contributed by atoms with Crippen molar-refractivity contribution in [3.8, 4) is 5.69 Å². The normalized spacial score (nSPS) is 11.4. The van der Waals surface area contributed by atoms with Crippen LogP contribution in [0.25, 0.3) is 5.69 Å². The fraction of sp³-hybridized carbons (Fsp3) is 0.222. The summed E-state index contributed by atoms with van der Waals surface area (Å²) in [6, 6.07) is 6.83. The molecule has 1 aromatic carbocycles. The lowest BCUT2D eigenvalue weighted by Gasteiger charge is -2.06. The maximum absolute atomic E-state index is 11.1. The third-order valence-corrected chi connectivity index (χ3v) is 2.63. The predicted octanol–water partition coefficient (Wildman–Crippen LogP) is 0.342. The Morgan fingerprint density at radius 1 is 1.35 bits per heavy atom. The molecule has 0 fully saturated rings. The molecule has 0 saturated carbocycles. The highest BCUT2D eigenvalue weighted by Crippen LogP contribution is 2.15. The molecule has 1 N–H and O–H groups in total. The van der Waals surface area contributed by atoms with Crippen LogP contribution in [0.2, 0.25) is 0 Å².